The maximum atomic E-state index is 12.7. The predicted molar refractivity (Wildman–Crippen MR) is 86.1 cm³/mol. The number of fused-ring (bicyclic) bond motifs is 1. The third kappa shape index (κ3) is 3.05. The minimum atomic E-state index is -0.497. The van der Waals surface area contributed by atoms with Gasteiger partial charge in [0.05, 0.1) is 5.69 Å². The molecule has 0 saturated carbocycles. The van der Waals surface area contributed by atoms with Crippen LogP contribution in [0.2, 0.25) is 0 Å². The van der Waals surface area contributed by atoms with Crippen molar-refractivity contribution in [2.24, 2.45) is 0 Å². The molecule has 108 valence electrons. The van der Waals surface area contributed by atoms with Gasteiger partial charge < -0.3 is 9.64 Å². The van der Waals surface area contributed by atoms with Crippen molar-refractivity contribution in [1.82, 2.24) is 0 Å². The maximum Gasteiger partial charge on any atom is 0.267 e. The molecule has 4 heteroatoms. The summed E-state index contributed by atoms with van der Waals surface area (Å²) in [4.78, 5) is 15.6. The topological polar surface area (TPSA) is 29.5 Å². The Morgan fingerprint density at radius 3 is 2.67 bits per heavy atom. The summed E-state index contributed by atoms with van der Waals surface area (Å²) in [5.74, 6) is 1.64. The molecule has 1 atom stereocenters. The van der Waals surface area contributed by atoms with Gasteiger partial charge in [-0.1, -0.05) is 30.3 Å². The molecule has 3 nitrogen and oxygen atoms in total. The summed E-state index contributed by atoms with van der Waals surface area (Å²) in [7, 11) is 0. The normalized spacial score (nSPS) is 15.2. The van der Waals surface area contributed by atoms with Crippen molar-refractivity contribution in [3.63, 3.8) is 0 Å². The van der Waals surface area contributed by atoms with Gasteiger partial charge in [-0.15, -0.1) is 11.8 Å². The van der Waals surface area contributed by atoms with Crippen LogP contribution in [0.15, 0.2) is 59.5 Å². The van der Waals surface area contributed by atoms with E-state index in [2.05, 4.69) is 6.07 Å². The quantitative estimate of drug-likeness (QED) is 0.867. The van der Waals surface area contributed by atoms with E-state index in [1.807, 2.05) is 53.4 Å². The number of anilines is 1. The SMILES string of the molecule is C[C@@H](Oc1ccccc1)C(=O)N1CCSc2ccccc21. The highest BCUT2D eigenvalue weighted by Gasteiger charge is 2.27. The van der Waals surface area contributed by atoms with Crippen LogP contribution < -0.4 is 9.64 Å². The minimum Gasteiger partial charge on any atom is -0.481 e. The average Bonchev–Trinajstić information content (AvgIpc) is 2.54. The average molecular weight is 299 g/mol. The summed E-state index contributed by atoms with van der Waals surface area (Å²) in [5.41, 5.74) is 0.988. The van der Waals surface area contributed by atoms with Crippen LogP contribution in [0.3, 0.4) is 0 Å². The van der Waals surface area contributed by atoms with Crippen LogP contribution in [0.5, 0.6) is 5.75 Å². The molecule has 1 amide bonds. The Hall–Kier alpha value is -1.94. The molecule has 3 rings (SSSR count). The Bertz CT molecular complexity index is 630. The van der Waals surface area contributed by atoms with Gasteiger partial charge in [0.25, 0.3) is 5.91 Å². The number of rotatable bonds is 3. The monoisotopic (exact) mass is 299 g/mol. The lowest BCUT2D eigenvalue weighted by molar-refractivity contribution is -0.124. The van der Waals surface area contributed by atoms with Gasteiger partial charge in [0.2, 0.25) is 0 Å². The first kappa shape index (κ1) is 14.0. The molecule has 0 aliphatic carbocycles. The molecule has 21 heavy (non-hydrogen) atoms. The fourth-order valence-corrected chi connectivity index (χ4v) is 3.37. The molecule has 0 aromatic heterocycles. The minimum absolute atomic E-state index is 0.00611. The van der Waals surface area contributed by atoms with Gasteiger partial charge in [-0.05, 0) is 31.2 Å². The zero-order chi connectivity index (χ0) is 14.7. The van der Waals surface area contributed by atoms with Gasteiger partial charge in [0, 0.05) is 17.2 Å². The Morgan fingerprint density at radius 1 is 1.14 bits per heavy atom. The number of para-hydroxylation sites is 2. The van der Waals surface area contributed by atoms with Gasteiger partial charge in [-0.2, -0.15) is 0 Å². The second kappa shape index (κ2) is 6.22. The van der Waals surface area contributed by atoms with Crippen molar-refractivity contribution in [2.75, 3.05) is 17.2 Å². The molecule has 1 aliphatic rings. The number of benzene rings is 2. The molecule has 0 N–H and O–H groups in total. The van der Waals surface area contributed by atoms with Crippen LogP contribution in [0.1, 0.15) is 6.92 Å². The number of thioether (sulfide) groups is 1. The number of hydrogen-bond acceptors (Lipinski definition) is 3. The van der Waals surface area contributed by atoms with Crippen LogP contribution >= 0.6 is 11.8 Å². The van der Waals surface area contributed by atoms with Gasteiger partial charge in [-0.25, -0.2) is 0 Å². The first-order chi connectivity index (χ1) is 10.3. The fraction of sp³-hybridized carbons (Fsp3) is 0.235. The number of nitrogens with zero attached hydrogens (tertiary/aromatic N) is 1. The molecule has 2 aromatic rings. The van der Waals surface area contributed by atoms with E-state index in [0.717, 1.165) is 28.6 Å². The molecule has 0 spiro atoms. The van der Waals surface area contributed by atoms with Crippen LogP contribution in [0.4, 0.5) is 5.69 Å². The van der Waals surface area contributed by atoms with Crippen molar-refractivity contribution >= 4 is 23.4 Å². The highest BCUT2D eigenvalue weighted by molar-refractivity contribution is 7.99. The maximum absolute atomic E-state index is 12.7. The lowest BCUT2D eigenvalue weighted by Gasteiger charge is -2.31. The number of carbonyl (C=O) groups excluding carboxylic acids is 1. The zero-order valence-corrected chi connectivity index (χ0v) is 12.7. The summed E-state index contributed by atoms with van der Waals surface area (Å²) in [6.45, 7) is 2.53. The van der Waals surface area contributed by atoms with Crippen LogP contribution in [0, 0.1) is 0 Å². The molecular formula is C17H17NO2S. The number of hydrogen-bond donors (Lipinski definition) is 0. The number of carbonyl (C=O) groups is 1. The molecule has 0 fully saturated rings. The van der Waals surface area contributed by atoms with Gasteiger partial charge >= 0.3 is 0 Å². The Balaban J connectivity index is 1.77. The number of ether oxygens (including phenoxy) is 1. The third-order valence-electron chi connectivity index (χ3n) is 3.40. The largest absolute Gasteiger partial charge is 0.481 e. The second-order valence-electron chi connectivity index (χ2n) is 4.88. The van der Waals surface area contributed by atoms with Crippen molar-refractivity contribution in [3.8, 4) is 5.75 Å². The molecule has 0 unspecified atom stereocenters. The Labute approximate surface area is 128 Å². The first-order valence-electron chi connectivity index (χ1n) is 7.00. The van der Waals surface area contributed by atoms with Crippen molar-refractivity contribution in [1.29, 1.82) is 0 Å². The smallest absolute Gasteiger partial charge is 0.267 e. The summed E-state index contributed by atoms with van der Waals surface area (Å²) in [5, 5.41) is 0. The van der Waals surface area contributed by atoms with Crippen molar-refractivity contribution < 1.29 is 9.53 Å². The van der Waals surface area contributed by atoms with Gasteiger partial charge in [0.15, 0.2) is 6.10 Å². The molecular weight excluding hydrogens is 282 g/mol. The molecule has 0 bridgehead atoms. The van der Waals surface area contributed by atoms with E-state index < -0.39 is 6.10 Å². The van der Waals surface area contributed by atoms with E-state index in [1.165, 1.54) is 0 Å². The molecule has 0 radical (unpaired) electrons. The summed E-state index contributed by atoms with van der Waals surface area (Å²) in [6, 6.07) is 17.5. The lowest BCUT2D eigenvalue weighted by Crippen LogP contribution is -2.43. The van der Waals surface area contributed by atoms with Crippen LogP contribution in [-0.4, -0.2) is 24.3 Å². The fourth-order valence-electron chi connectivity index (χ4n) is 2.37. The highest BCUT2D eigenvalue weighted by atomic mass is 32.2. The molecule has 1 heterocycles. The highest BCUT2D eigenvalue weighted by Crippen LogP contribution is 2.34. The Kier molecular flexibility index (Phi) is 4.15. The number of amides is 1. The predicted octanol–water partition coefficient (Wildman–Crippen LogP) is 3.59. The first-order valence-corrected chi connectivity index (χ1v) is 7.99. The van der Waals surface area contributed by atoms with E-state index >= 15 is 0 Å². The van der Waals surface area contributed by atoms with E-state index in [9.17, 15) is 4.79 Å². The summed E-state index contributed by atoms with van der Waals surface area (Å²) < 4.78 is 5.75. The van der Waals surface area contributed by atoms with Crippen molar-refractivity contribution in [2.45, 2.75) is 17.9 Å². The van der Waals surface area contributed by atoms with Crippen LogP contribution in [0.25, 0.3) is 0 Å². The van der Waals surface area contributed by atoms with E-state index in [-0.39, 0.29) is 5.91 Å². The van der Waals surface area contributed by atoms with Crippen LogP contribution in [-0.2, 0) is 4.79 Å². The van der Waals surface area contributed by atoms with Gasteiger partial charge in [-0.3, -0.25) is 4.79 Å². The zero-order valence-electron chi connectivity index (χ0n) is 11.9. The summed E-state index contributed by atoms with van der Waals surface area (Å²) >= 11 is 1.79. The van der Waals surface area contributed by atoms with E-state index in [4.69, 9.17) is 4.74 Å². The Morgan fingerprint density at radius 2 is 1.86 bits per heavy atom. The molecule has 2 aromatic carbocycles. The standard InChI is InChI=1S/C17H17NO2S/c1-13(20-14-7-3-2-4-8-14)17(19)18-11-12-21-16-10-6-5-9-15(16)18/h2-10,13H,11-12H2,1H3/t13-/m1/s1. The third-order valence-corrected chi connectivity index (χ3v) is 4.44. The molecule has 1 aliphatic heterocycles. The van der Waals surface area contributed by atoms with E-state index in [1.54, 1.807) is 18.7 Å². The summed E-state index contributed by atoms with van der Waals surface area (Å²) in [6.07, 6.45) is -0.497. The lowest BCUT2D eigenvalue weighted by atomic mass is 10.2. The molecule has 0 saturated heterocycles. The van der Waals surface area contributed by atoms with E-state index in [0.29, 0.717) is 0 Å². The van der Waals surface area contributed by atoms with Crippen molar-refractivity contribution in [3.05, 3.63) is 54.6 Å². The van der Waals surface area contributed by atoms with Gasteiger partial charge in [0.1, 0.15) is 5.75 Å². The second-order valence-corrected chi connectivity index (χ2v) is 6.02.